The molecule has 250 valence electrons. The third kappa shape index (κ3) is 20.4. The van der Waals surface area contributed by atoms with Crippen LogP contribution in [-0.4, -0.2) is 72.1 Å². The summed E-state index contributed by atoms with van der Waals surface area (Å²) in [5.41, 5.74) is -3.42. The first-order chi connectivity index (χ1) is 18.6. The van der Waals surface area contributed by atoms with E-state index in [9.17, 15) is 30.0 Å². The standard InChI is InChI=1S/C28H54O14/c1-22(2,3)35-39-27(17-20(29)30,40-36-23(4,5)6)16-14-13-15-26(33,34)19-28(18-21(31)32,41-37-24(7,8)9)42-38-25(10,11)12/h33-34H,13-19H2,1-12H3,(H,29,30)(H,31,32). The quantitative estimate of drug-likeness (QED) is 0.0662. The third-order valence-corrected chi connectivity index (χ3v) is 4.55. The summed E-state index contributed by atoms with van der Waals surface area (Å²) in [7, 11) is 0. The number of unbranched alkanes of at least 4 members (excludes halogenated alkanes) is 1. The van der Waals surface area contributed by atoms with Gasteiger partial charge in [-0.25, -0.2) is 19.6 Å². The average molecular weight is 615 g/mol. The molecule has 42 heavy (non-hydrogen) atoms. The Kier molecular flexibility index (Phi) is 15.0. The summed E-state index contributed by atoms with van der Waals surface area (Å²) < 4.78 is 0. The van der Waals surface area contributed by atoms with Gasteiger partial charge in [0.25, 0.3) is 0 Å². The van der Waals surface area contributed by atoms with Gasteiger partial charge in [0.2, 0.25) is 11.6 Å². The van der Waals surface area contributed by atoms with Crippen molar-refractivity contribution in [2.45, 2.75) is 168 Å². The number of rotatable bonds is 19. The van der Waals surface area contributed by atoms with Crippen LogP contribution in [0.4, 0.5) is 0 Å². The summed E-state index contributed by atoms with van der Waals surface area (Å²) in [4.78, 5) is 66.6. The number of hydrogen-bond acceptors (Lipinski definition) is 12. The maximum atomic E-state index is 11.7. The smallest absolute Gasteiger partial charge is 0.309 e. The molecule has 0 unspecified atom stereocenters. The first-order valence-electron chi connectivity index (χ1n) is 13.9. The molecule has 0 atom stereocenters. The molecule has 0 amide bonds. The molecule has 0 radical (unpaired) electrons. The minimum atomic E-state index is -2.53. The Bertz CT molecular complexity index is 792. The van der Waals surface area contributed by atoms with E-state index >= 15 is 0 Å². The van der Waals surface area contributed by atoms with Crippen LogP contribution in [0.1, 0.15) is 128 Å². The van der Waals surface area contributed by atoms with Crippen LogP contribution in [0.15, 0.2) is 0 Å². The Hall–Kier alpha value is -1.46. The Balaban J connectivity index is 5.86. The summed E-state index contributed by atoms with van der Waals surface area (Å²) in [6.45, 7) is 20.1. The molecular weight excluding hydrogens is 560 g/mol. The lowest BCUT2D eigenvalue weighted by Gasteiger charge is -2.38. The molecule has 0 aromatic carbocycles. The molecule has 0 fully saturated rings. The maximum absolute atomic E-state index is 11.7. The first-order valence-corrected chi connectivity index (χ1v) is 13.9. The van der Waals surface area contributed by atoms with Crippen LogP contribution in [0.25, 0.3) is 0 Å². The van der Waals surface area contributed by atoms with Gasteiger partial charge in [-0.15, -0.1) is 0 Å². The number of aliphatic hydroxyl groups is 2. The third-order valence-electron chi connectivity index (χ3n) is 4.55. The fourth-order valence-electron chi connectivity index (χ4n) is 3.03. The molecule has 0 aliphatic heterocycles. The summed E-state index contributed by atoms with van der Waals surface area (Å²) in [6, 6.07) is 0. The summed E-state index contributed by atoms with van der Waals surface area (Å²) in [6.07, 6.45) is -2.39. The van der Waals surface area contributed by atoms with Crippen molar-refractivity contribution < 1.29 is 69.1 Å². The van der Waals surface area contributed by atoms with Crippen LogP contribution in [0.2, 0.25) is 0 Å². The van der Waals surface area contributed by atoms with Crippen molar-refractivity contribution in [2.75, 3.05) is 0 Å². The van der Waals surface area contributed by atoms with Crippen molar-refractivity contribution in [1.82, 2.24) is 0 Å². The van der Waals surface area contributed by atoms with E-state index in [0.29, 0.717) is 0 Å². The zero-order valence-corrected chi connectivity index (χ0v) is 27.3. The summed E-state index contributed by atoms with van der Waals surface area (Å²) >= 11 is 0. The van der Waals surface area contributed by atoms with Crippen molar-refractivity contribution in [2.24, 2.45) is 0 Å². The van der Waals surface area contributed by atoms with E-state index in [1.54, 1.807) is 83.1 Å². The Labute approximate surface area is 249 Å². The van der Waals surface area contributed by atoms with Gasteiger partial charge >= 0.3 is 11.9 Å². The van der Waals surface area contributed by atoms with Crippen LogP contribution in [0.5, 0.6) is 0 Å². The highest BCUT2D eigenvalue weighted by molar-refractivity contribution is 5.68. The summed E-state index contributed by atoms with van der Waals surface area (Å²) in [5, 5.41) is 40.9. The van der Waals surface area contributed by atoms with Gasteiger partial charge in [0, 0.05) is 12.8 Å². The molecule has 14 heteroatoms. The lowest BCUT2D eigenvalue weighted by molar-refractivity contribution is -0.548. The molecule has 0 aromatic heterocycles. The second kappa shape index (κ2) is 15.5. The molecule has 4 N–H and O–H groups in total. The molecule has 0 bridgehead atoms. The van der Waals surface area contributed by atoms with Crippen LogP contribution in [0, 0.1) is 0 Å². The summed E-state index contributed by atoms with van der Waals surface area (Å²) in [5.74, 6) is -9.24. The van der Waals surface area contributed by atoms with Crippen LogP contribution in [0.3, 0.4) is 0 Å². The van der Waals surface area contributed by atoms with Gasteiger partial charge in [-0.2, -0.15) is 19.6 Å². The molecule has 0 spiro atoms. The van der Waals surface area contributed by atoms with Crippen LogP contribution < -0.4 is 0 Å². The van der Waals surface area contributed by atoms with Crippen LogP contribution >= 0.6 is 0 Å². The minimum absolute atomic E-state index is 0.0743. The zero-order chi connectivity index (χ0) is 33.3. The normalized spacial score (nSPS) is 14.3. The second-order valence-electron chi connectivity index (χ2n) is 14.4. The minimum Gasteiger partial charge on any atom is -0.481 e. The molecule has 0 saturated heterocycles. The fraction of sp³-hybridized carbons (Fsp3) is 0.929. The van der Waals surface area contributed by atoms with Gasteiger partial charge < -0.3 is 20.4 Å². The number of aliphatic carboxylic acids is 2. The van der Waals surface area contributed by atoms with Crippen molar-refractivity contribution >= 4 is 11.9 Å². The van der Waals surface area contributed by atoms with Crippen LogP contribution in [-0.2, 0) is 48.7 Å². The molecule has 0 aliphatic rings. The Morgan fingerprint density at radius 3 is 1.07 bits per heavy atom. The molecule has 0 aromatic rings. The lowest BCUT2D eigenvalue weighted by Crippen LogP contribution is -2.49. The van der Waals surface area contributed by atoms with Gasteiger partial charge in [-0.1, -0.05) is 0 Å². The van der Waals surface area contributed by atoms with E-state index in [1.165, 1.54) is 0 Å². The van der Waals surface area contributed by atoms with Crippen molar-refractivity contribution in [1.29, 1.82) is 0 Å². The average Bonchev–Trinajstić information content (AvgIpc) is 2.73. The molecule has 14 nitrogen and oxygen atoms in total. The highest BCUT2D eigenvalue weighted by Gasteiger charge is 2.48. The monoisotopic (exact) mass is 614 g/mol. The van der Waals surface area contributed by atoms with E-state index in [2.05, 4.69) is 0 Å². The number of carboxylic acid groups (broad SMARTS) is 2. The molecular formula is C28H54O14. The number of hydrogen-bond donors (Lipinski definition) is 4. The maximum Gasteiger partial charge on any atom is 0.309 e. The molecule has 0 aliphatic carbocycles. The Morgan fingerprint density at radius 2 is 0.762 bits per heavy atom. The van der Waals surface area contributed by atoms with Gasteiger partial charge in [0.15, 0.2) is 5.79 Å². The largest absolute Gasteiger partial charge is 0.481 e. The van der Waals surface area contributed by atoms with E-state index in [1.807, 2.05) is 0 Å². The predicted molar refractivity (Wildman–Crippen MR) is 148 cm³/mol. The number of carboxylic acids is 2. The molecule has 0 saturated carbocycles. The highest BCUT2D eigenvalue weighted by Crippen LogP contribution is 2.35. The van der Waals surface area contributed by atoms with Gasteiger partial charge in [0.1, 0.15) is 12.8 Å². The lowest BCUT2D eigenvalue weighted by atomic mass is 9.95. The Morgan fingerprint density at radius 1 is 0.476 bits per heavy atom. The van der Waals surface area contributed by atoms with E-state index in [4.69, 9.17) is 39.1 Å². The molecule has 0 rings (SSSR count). The fourth-order valence-corrected chi connectivity index (χ4v) is 3.03. The van der Waals surface area contributed by atoms with Gasteiger partial charge in [0.05, 0.1) is 28.8 Å². The van der Waals surface area contributed by atoms with E-state index in [0.717, 1.165) is 0 Å². The van der Waals surface area contributed by atoms with Gasteiger partial charge in [-0.3, -0.25) is 9.59 Å². The van der Waals surface area contributed by atoms with Crippen molar-refractivity contribution in [3.63, 3.8) is 0 Å². The zero-order valence-electron chi connectivity index (χ0n) is 27.3. The number of carbonyl (C=O) groups is 2. The van der Waals surface area contributed by atoms with E-state index < -0.39 is 71.0 Å². The predicted octanol–water partition coefficient (Wildman–Crippen LogP) is 4.95. The molecule has 0 heterocycles. The topological polar surface area (TPSA) is 189 Å². The first kappa shape index (κ1) is 40.5. The van der Waals surface area contributed by atoms with Crippen molar-refractivity contribution in [3.05, 3.63) is 0 Å². The van der Waals surface area contributed by atoms with Gasteiger partial charge in [-0.05, 0) is 95.9 Å². The SMILES string of the molecule is CC(C)(C)OOC(CCCCC(O)(O)CC(CC(=O)O)(OOC(C)(C)C)OOC(C)(C)C)(CC(=O)O)OOC(C)(C)C. The second-order valence-corrected chi connectivity index (χ2v) is 14.4. The van der Waals surface area contributed by atoms with E-state index in [-0.39, 0.29) is 25.7 Å². The van der Waals surface area contributed by atoms with Crippen molar-refractivity contribution in [3.8, 4) is 0 Å². The highest BCUT2D eigenvalue weighted by atomic mass is 17.3.